The van der Waals surface area contributed by atoms with Crippen LogP contribution in [0.3, 0.4) is 0 Å². The third-order valence-electron chi connectivity index (χ3n) is 3.80. The van der Waals surface area contributed by atoms with Gasteiger partial charge in [0, 0.05) is 23.6 Å². The minimum absolute atomic E-state index is 0.200. The molecule has 0 fully saturated rings. The van der Waals surface area contributed by atoms with Crippen molar-refractivity contribution >= 4 is 16.6 Å². The van der Waals surface area contributed by atoms with Crippen LogP contribution in [0.5, 0.6) is 11.5 Å². The fourth-order valence-electron chi connectivity index (χ4n) is 2.66. The highest BCUT2D eigenvalue weighted by Crippen LogP contribution is 2.31. The predicted molar refractivity (Wildman–Crippen MR) is 92.7 cm³/mol. The zero-order valence-electron chi connectivity index (χ0n) is 13.1. The number of aromatic hydroxyl groups is 1. The summed E-state index contributed by atoms with van der Waals surface area (Å²) < 4.78 is 7.37. The van der Waals surface area contributed by atoms with Crippen molar-refractivity contribution in [3.8, 4) is 23.3 Å². The lowest BCUT2D eigenvalue weighted by atomic mass is 10.2. The Morgan fingerprint density at radius 1 is 1.17 bits per heavy atom. The highest BCUT2D eigenvalue weighted by atomic mass is 16.5. The average Bonchev–Trinajstić information content (AvgIpc) is 2.84. The molecule has 3 N–H and O–H groups in total. The first kappa shape index (κ1) is 14.9. The molecule has 2 aromatic carbocycles. The number of phenolic OH excluding ortho intramolecular Hbond substituents is 1. The number of aromatic nitrogens is 1. The van der Waals surface area contributed by atoms with Crippen LogP contribution in [-0.4, -0.2) is 16.8 Å². The molecule has 1 aromatic heterocycles. The molecule has 0 spiro atoms. The second kappa shape index (κ2) is 5.98. The van der Waals surface area contributed by atoms with Gasteiger partial charge in [0.05, 0.1) is 18.3 Å². The van der Waals surface area contributed by atoms with Gasteiger partial charge in [-0.15, -0.1) is 0 Å². The maximum atomic E-state index is 9.53. The number of hydrogen-bond donors (Lipinski definition) is 2. The van der Waals surface area contributed by atoms with Gasteiger partial charge in [0.15, 0.2) is 0 Å². The number of nitrogen functional groups attached to an aromatic ring is 1. The van der Waals surface area contributed by atoms with Crippen molar-refractivity contribution in [3.63, 3.8) is 0 Å². The summed E-state index contributed by atoms with van der Waals surface area (Å²) in [6.07, 6.45) is 0. The maximum absolute atomic E-state index is 9.53. The van der Waals surface area contributed by atoms with Crippen LogP contribution in [0.15, 0.2) is 42.5 Å². The van der Waals surface area contributed by atoms with Crippen molar-refractivity contribution in [1.82, 2.24) is 4.57 Å². The van der Waals surface area contributed by atoms with Gasteiger partial charge >= 0.3 is 0 Å². The van der Waals surface area contributed by atoms with E-state index < -0.39 is 0 Å². The molecule has 0 bridgehead atoms. The van der Waals surface area contributed by atoms with E-state index in [2.05, 4.69) is 23.3 Å². The molecule has 0 atom stereocenters. The fraction of sp³-hybridized carbons (Fsp3) is 0.158. The number of nitrogens with two attached hydrogens (primary N) is 1. The highest BCUT2D eigenvalue weighted by molar-refractivity contribution is 5.96. The Morgan fingerprint density at radius 2 is 2.00 bits per heavy atom. The van der Waals surface area contributed by atoms with Crippen LogP contribution >= 0.6 is 0 Å². The zero-order valence-corrected chi connectivity index (χ0v) is 13.1. The van der Waals surface area contributed by atoms with Crippen molar-refractivity contribution < 1.29 is 9.84 Å². The Morgan fingerprint density at radius 3 is 2.70 bits per heavy atom. The number of fused-ring (bicyclic) bond motifs is 1. The molecule has 3 aromatic rings. The van der Waals surface area contributed by atoms with Crippen molar-refractivity contribution in [2.24, 2.45) is 0 Å². The topological polar surface area (TPSA) is 60.4 Å². The number of methoxy groups -OCH3 is 1. The third kappa shape index (κ3) is 2.69. The van der Waals surface area contributed by atoms with Crippen molar-refractivity contribution in [1.29, 1.82) is 0 Å². The summed E-state index contributed by atoms with van der Waals surface area (Å²) >= 11 is 0. The molecule has 0 saturated carbocycles. The summed E-state index contributed by atoms with van der Waals surface area (Å²) in [5, 5.41) is 10.5. The average molecular weight is 306 g/mol. The summed E-state index contributed by atoms with van der Waals surface area (Å²) in [5.74, 6) is 7.19. The van der Waals surface area contributed by atoms with E-state index in [1.54, 1.807) is 25.3 Å². The number of nitrogens with zero attached hydrogens (tertiary/aromatic N) is 1. The molecule has 23 heavy (non-hydrogen) atoms. The maximum Gasteiger partial charge on any atom is 0.120 e. The quantitative estimate of drug-likeness (QED) is 0.714. The smallest absolute Gasteiger partial charge is 0.120 e. The molecular formula is C19H18N2O2. The molecule has 0 amide bonds. The van der Waals surface area contributed by atoms with Gasteiger partial charge in [-0.05, 0) is 43.2 Å². The number of phenols is 1. The van der Waals surface area contributed by atoms with Gasteiger partial charge in [-0.1, -0.05) is 12.0 Å². The predicted octanol–water partition coefficient (Wildman–Crippen LogP) is 3.36. The van der Waals surface area contributed by atoms with Crippen LogP contribution in [0.2, 0.25) is 0 Å². The monoisotopic (exact) mass is 306 g/mol. The Kier molecular flexibility index (Phi) is 3.86. The largest absolute Gasteiger partial charge is 0.508 e. The molecule has 0 unspecified atom stereocenters. The van der Waals surface area contributed by atoms with E-state index in [1.807, 2.05) is 24.3 Å². The lowest BCUT2D eigenvalue weighted by Gasteiger charge is -2.04. The Labute approximate surface area is 135 Å². The van der Waals surface area contributed by atoms with E-state index in [0.29, 0.717) is 5.69 Å². The molecule has 116 valence electrons. The number of anilines is 1. The molecule has 0 aliphatic carbocycles. The first-order valence-corrected chi connectivity index (χ1v) is 7.40. The van der Waals surface area contributed by atoms with Crippen LogP contribution in [0.4, 0.5) is 5.69 Å². The van der Waals surface area contributed by atoms with Crippen LogP contribution < -0.4 is 10.5 Å². The SMILES string of the molecule is CCn1c(C#Cc2cccc(O)c2)c(N)c2ccc(OC)cc21. The van der Waals surface area contributed by atoms with E-state index in [1.165, 1.54) is 0 Å². The Balaban J connectivity index is 2.16. The second-order valence-corrected chi connectivity index (χ2v) is 5.19. The minimum Gasteiger partial charge on any atom is -0.508 e. The van der Waals surface area contributed by atoms with Crippen LogP contribution in [0.25, 0.3) is 10.9 Å². The normalized spacial score (nSPS) is 10.3. The van der Waals surface area contributed by atoms with E-state index in [-0.39, 0.29) is 5.75 Å². The van der Waals surface area contributed by atoms with Crippen LogP contribution in [0, 0.1) is 11.8 Å². The molecule has 0 saturated heterocycles. The van der Waals surface area contributed by atoms with Gasteiger partial charge < -0.3 is 20.1 Å². The minimum atomic E-state index is 0.200. The van der Waals surface area contributed by atoms with E-state index >= 15 is 0 Å². The van der Waals surface area contributed by atoms with Gasteiger partial charge in [0.1, 0.15) is 17.2 Å². The molecule has 0 aliphatic rings. The number of ether oxygens (including phenoxy) is 1. The zero-order chi connectivity index (χ0) is 16.4. The summed E-state index contributed by atoms with van der Waals surface area (Å²) in [5.41, 5.74) is 9.48. The van der Waals surface area contributed by atoms with Crippen LogP contribution in [0.1, 0.15) is 18.2 Å². The van der Waals surface area contributed by atoms with Gasteiger partial charge in [-0.2, -0.15) is 0 Å². The lowest BCUT2D eigenvalue weighted by molar-refractivity contribution is 0.415. The fourth-order valence-corrected chi connectivity index (χ4v) is 2.66. The van der Waals surface area contributed by atoms with Crippen molar-refractivity contribution in [3.05, 3.63) is 53.7 Å². The van der Waals surface area contributed by atoms with Crippen molar-refractivity contribution in [2.45, 2.75) is 13.5 Å². The molecule has 4 heteroatoms. The molecule has 1 heterocycles. The van der Waals surface area contributed by atoms with E-state index in [9.17, 15) is 5.11 Å². The first-order chi connectivity index (χ1) is 11.1. The summed E-state index contributed by atoms with van der Waals surface area (Å²) in [4.78, 5) is 0. The molecule has 0 radical (unpaired) electrons. The van der Waals surface area contributed by atoms with E-state index in [4.69, 9.17) is 10.5 Å². The highest BCUT2D eigenvalue weighted by Gasteiger charge is 2.13. The van der Waals surface area contributed by atoms with Crippen LogP contribution in [-0.2, 0) is 6.54 Å². The summed E-state index contributed by atoms with van der Waals surface area (Å²) in [7, 11) is 1.65. The number of aryl methyl sites for hydroxylation is 1. The van der Waals surface area contributed by atoms with E-state index in [0.717, 1.165) is 34.5 Å². The number of hydrogen-bond acceptors (Lipinski definition) is 3. The van der Waals surface area contributed by atoms with Gasteiger partial charge in [-0.25, -0.2) is 0 Å². The van der Waals surface area contributed by atoms with Gasteiger partial charge in [0.25, 0.3) is 0 Å². The molecular weight excluding hydrogens is 288 g/mol. The first-order valence-electron chi connectivity index (χ1n) is 7.40. The number of rotatable bonds is 2. The Hall–Kier alpha value is -3.06. The number of benzene rings is 2. The molecule has 4 nitrogen and oxygen atoms in total. The lowest BCUT2D eigenvalue weighted by Crippen LogP contribution is -1.99. The molecule has 0 aliphatic heterocycles. The molecule has 3 rings (SSSR count). The van der Waals surface area contributed by atoms with Crippen molar-refractivity contribution in [2.75, 3.05) is 12.8 Å². The summed E-state index contributed by atoms with van der Waals surface area (Å²) in [6.45, 7) is 2.81. The van der Waals surface area contributed by atoms with Gasteiger partial charge in [-0.3, -0.25) is 0 Å². The Bertz CT molecular complexity index is 930. The standard InChI is InChI=1S/C19H18N2O2/c1-3-21-17(10-7-13-5-4-6-14(22)11-13)19(20)16-9-8-15(23-2)12-18(16)21/h4-6,8-9,11-12,22H,3,20H2,1-2H3. The second-order valence-electron chi connectivity index (χ2n) is 5.19. The summed E-state index contributed by atoms with van der Waals surface area (Å²) in [6, 6.07) is 12.7. The van der Waals surface area contributed by atoms with Gasteiger partial charge in [0.2, 0.25) is 0 Å². The third-order valence-corrected chi connectivity index (χ3v) is 3.80.